The Balaban J connectivity index is 1.87. The van der Waals surface area contributed by atoms with Gasteiger partial charge < -0.3 is 4.74 Å². The van der Waals surface area contributed by atoms with Crippen molar-refractivity contribution in [3.05, 3.63) is 53.3 Å². The topological polar surface area (TPSA) is 22.1 Å². The molecule has 0 radical (unpaired) electrons. The number of benzene rings is 1. The van der Waals surface area contributed by atoms with Gasteiger partial charge in [0.1, 0.15) is 11.5 Å². The highest BCUT2D eigenvalue weighted by Gasteiger charge is 2.11. The first kappa shape index (κ1) is 12.5. The molecule has 2 aromatic rings. The lowest BCUT2D eigenvalue weighted by Gasteiger charge is -2.17. The number of fused-ring (bicyclic) bond motifs is 1. The number of hydrogen-bond acceptors (Lipinski definition) is 2. The molecular weight excluding hydrogens is 258 g/mol. The zero-order valence-electron chi connectivity index (χ0n) is 10.7. The van der Waals surface area contributed by atoms with Crippen LogP contribution in [0, 0.1) is 0 Å². The molecule has 0 bridgehead atoms. The number of nitrogens with zero attached hydrogens (tertiary/aromatic N) is 1. The minimum Gasteiger partial charge on any atom is -0.457 e. The van der Waals surface area contributed by atoms with Gasteiger partial charge in [0.25, 0.3) is 0 Å². The van der Waals surface area contributed by atoms with E-state index in [9.17, 15) is 0 Å². The van der Waals surface area contributed by atoms with Crippen LogP contribution in [0.15, 0.2) is 36.7 Å². The summed E-state index contributed by atoms with van der Waals surface area (Å²) in [5.74, 6) is 2.09. The molecule has 3 rings (SSSR count). The number of aryl methyl sites for hydroxylation is 2. The van der Waals surface area contributed by atoms with E-state index >= 15 is 0 Å². The van der Waals surface area contributed by atoms with Crippen molar-refractivity contribution in [1.82, 2.24) is 4.98 Å². The van der Waals surface area contributed by atoms with Crippen LogP contribution in [0.5, 0.6) is 11.5 Å². The fourth-order valence-electron chi connectivity index (χ4n) is 2.51. The second kappa shape index (κ2) is 5.62. The number of alkyl halides is 1. The Hall–Kier alpha value is -1.54. The lowest BCUT2D eigenvalue weighted by atomic mass is 9.92. The highest BCUT2D eigenvalue weighted by molar-refractivity contribution is 6.17. The molecule has 1 aromatic carbocycles. The van der Waals surface area contributed by atoms with Crippen molar-refractivity contribution in [1.29, 1.82) is 0 Å². The van der Waals surface area contributed by atoms with Crippen LogP contribution in [0.4, 0.5) is 0 Å². The smallest absolute Gasteiger partial charge is 0.134 e. The molecular formula is C16H16ClNO. The predicted molar refractivity (Wildman–Crippen MR) is 77.0 cm³/mol. The molecule has 0 N–H and O–H groups in total. The third-order valence-corrected chi connectivity index (χ3v) is 3.84. The van der Waals surface area contributed by atoms with Crippen molar-refractivity contribution >= 4 is 11.6 Å². The maximum atomic E-state index is 5.94. The predicted octanol–water partition coefficient (Wildman–Crippen LogP) is 4.49. The van der Waals surface area contributed by atoms with E-state index < -0.39 is 0 Å². The molecule has 3 heteroatoms. The Morgan fingerprint density at radius 1 is 1.11 bits per heavy atom. The van der Waals surface area contributed by atoms with Crippen molar-refractivity contribution in [3.63, 3.8) is 0 Å². The third kappa shape index (κ3) is 2.74. The molecule has 0 saturated heterocycles. The van der Waals surface area contributed by atoms with Crippen LogP contribution >= 0.6 is 11.6 Å². The molecule has 1 aromatic heterocycles. The highest BCUT2D eigenvalue weighted by atomic mass is 35.5. The maximum absolute atomic E-state index is 5.94. The van der Waals surface area contributed by atoms with E-state index in [0.717, 1.165) is 23.5 Å². The molecule has 1 aliphatic rings. The quantitative estimate of drug-likeness (QED) is 0.769. The van der Waals surface area contributed by atoms with Gasteiger partial charge in [-0.3, -0.25) is 4.98 Å². The summed E-state index contributed by atoms with van der Waals surface area (Å²) in [6, 6.07) is 8.25. The van der Waals surface area contributed by atoms with Gasteiger partial charge in [0, 0.05) is 18.0 Å². The van der Waals surface area contributed by atoms with Crippen molar-refractivity contribution < 1.29 is 4.74 Å². The molecule has 19 heavy (non-hydrogen) atoms. The zero-order valence-corrected chi connectivity index (χ0v) is 11.5. The van der Waals surface area contributed by atoms with E-state index in [4.69, 9.17) is 16.3 Å². The SMILES string of the molecule is ClCc1cnccc1Oc1ccc2c(c1)CCCC2. The van der Waals surface area contributed by atoms with Gasteiger partial charge >= 0.3 is 0 Å². The third-order valence-electron chi connectivity index (χ3n) is 3.55. The first-order valence-corrected chi connectivity index (χ1v) is 7.19. The van der Waals surface area contributed by atoms with Crippen LogP contribution in [0.1, 0.15) is 29.5 Å². The summed E-state index contributed by atoms with van der Waals surface area (Å²) in [6.45, 7) is 0. The van der Waals surface area contributed by atoms with E-state index in [1.54, 1.807) is 12.4 Å². The molecule has 2 nitrogen and oxygen atoms in total. The van der Waals surface area contributed by atoms with Gasteiger partial charge in [-0.25, -0.2) is 0 Å². The van der Waals surface area contributed by atoms with Gasteiger partial charge in [-0.05, 0) is 55.0 Å². The minimum atomic E-state index is 0.411. The van der Waals surface area contributed by atoms with Crippen LogP contribution in [0.25, 0.3) is 0 Å². The van der Waals surface area contributed by atoms with Crippen molar-refractivity contribution in [3.8, 4) is 11.5 Å². The average Bonchev–Trinajstić information content (AvgIpc) is 2.48. The first-order valence-electron chi connectivity index (χ1n) is 6.65. The molecule has 0 spiro atoms. The minimum absolute atomic E-state index is 0.411. The summed E-state index contributed by atoms with van der Waals surface area (Å²) >= 11 is 5.89. The van der Waals surface area contributed by atoms with E-state index in [2.05, 4.69) is 17.1 Å². The summed E-state index contributed by atoms with van der Waals surface area (Å²) in [5.41, 5.74) is 3.80. The van der Waals surface area contributed by atoms with E-state index in [0.29, 0.717) is 5.88 Å². The molecule has 0 unspecified atom stereocenters. The van der Waals surface area contributed by atoms with Gasteiger partial charge in [-0.1, -0.05) is 6.07 Å². The monoisotopic (exact) mass is 273 g/mol. The second-order valence-corrected chi connectivity index (χ2v) is 5.12. The Morgan fingerprint density at radius 2 is 1.95 bits per heavy atom. The zero-order chi connectivity index (χ0) is 13.1. The number of aromatic nitrogens is 1. The van der Waals surface area contributed by atoms with Crippen molar-refractivity contribution in [2.24, 2.45) is 0 Å². The van der Waals surface area contributed by atoms with Gasteiger partial charge in [-0.2, -0.15) is 0 Å². The second-order valence-electron chi connectivity index (χ2n) is 4.86. The number of hydrogen-bond donors (Lipinski definition) is 0. The Labute approximate surface area is 118 Å². The van der Waals surface area contributed by atoms with Gasteiger partial charge in [-0.15, -0.1) is 11.6 Å². The highest BCUT2D eigenvalue weighted by Crippen LogP contribution is 2.30. The maximum Gasteiger partial charge on any atom is 0.134 e. The van der Waals surface area contributed by atoms with Crippen molar-refractivity contribution in [2.75, 3.05) is 0 Å². The number of rotatable bonds is 3. The molecule has 0 fully saturated rings. The van der Waals surface area contributed by atoms with E-state index in [1.807, 2.05) is 12.1 Å². The Morgan fingerprint density at radius 3 is 2.79 bits per heavy atom. The molecule has 0 aliphatic heterocycles. The van der Waals surface area contributed by atoms with Gasteiger partial charge in [0.15, 0.2) is 0 Å². The first-order chi connectivity index (χ1) is 9.36. The Bertz CT molecular complexity index is 583. The van der Waals surface area contributed by atoms with Crippen LogP contribution in [-0.2, 0) is 18.7 Å². The van der Waals surface area contributed by atoms with Crippen LogP contribution < -0.4 is 4.74 Å². The van der Waals surface area contributed by atoms with Gasteiger partial charge in [0.2, 0.25) is 0 Å². The van der Waals surface area contributed by atoms with Gasteiger partial charge in [0.05, 0.1) is 5.88 Å². The Kier molecular flexibility index (Phi) is 3.69. The van der Waals surface area contributed by atoms with E-state index in [-0.39, 0.29) is 0 Å². The molecule has 98 valence electrons. The fraction of sp³-hybridized carbons (Fsp3) is 0.312. The summed E-state index contributed by atoms with van der Waals surface area (Å²) < 4.78 is 5.94. The van der Waals surface area contributed by atoms with Crippen molar-refractivity contribution in [2.45, 2.75) is 31.6 Å². The van der Waals surface area contributed by atoms with E-state index in [1.165, 1.54) is 30.4 Å². The lowest BCUT2D eigenvalue weighted by Crippen LogP contribution is -2.02. The largest absolute Gasteiger partial charge is 0.457 e. The molecule has 1 aliphatic carbocycles. The standard InChI is InChI=1S/C16H16ClNO/c17-10-14-11-18-8-7-16(14)19-15-6-5-12-3-1-2-4-13(12)9-15/h5-9,11H,1-4,10H2. The normalized spacial score (nSPS) is 13.9. The van der Waals surface area contributed by atoms with Crippen LogP contribution in [-0.4, -0.2) is 4.98 Å². The lowest BCUT2D eigenvalue weighted by molar-refractivity contribution is 0.475. The number of ether oxygens (including phenoxy) is 1. The number of pyridine rings is 1. The average molecular weight is 274 g/mol. The fourth-order valence-corrected chi connectivity index (χ4v) is 2.72. The van der Waals surface area contributed by atoms with Crippen LogP contribution in [0.3, 0.4) is 0 Å². The summed E-state index contributed by atoms with van der Waals surface area (Å²) in [4.78, 5) is 4.06. The summed E-state index contributed by atoms with van der Waals surface area (Å²) in [7, 11) is 0. The summed E-state index contributed by atoms with van der Waals surface area (Å²) in [6.07, 6.45) is 8.40. The summed E-state index contributed by atoms with van der Waals surface area (Å²) in [5, 5.41) is 0. The van der Waals surface area contributed by atoms with Crippen LogP contribution in [0.2, 0.25) is 0 Å². The molecule has 0 atom stereocenters. The number of halogens is 1. The molecule has 0 amide bonds. The molecule has 0 saturated carbocycles. The molecule has 1 heterocycles.